The molecule has 6 unspecified atom stereocenters. The highest BCUT2D eigenvalue weighted by Crippen LogP contribution is 2.72. The summed E-state index contributed by atoms with van der Waals surface area (Å²) in [6, 6.07) is 0. The van der Waals surface area contributed by atoms with Gasteiger partial charge in [-0.15, -0.1) is 0 Å². The lowest BCUT2D eigenvalue weighted by molar-refractivity contribution is -0.253. The van der Waals surface area contributed by atoms with Crippen LogP contribution in [0.4, 0.5) is 8.78 Å². The summed E-state index contributed by atoms with van der Waals surface area (Å²) in [7, 11) is -5.67. The average Bonchev–Trinajstić information content (AvgIpc) is 2.55. The topological polar surface area (TPSA) is 107 Å². The molecule has 6 atom stereocenters. The number of hydrogen-bond acceptors (Lipinski definition) is 6. The minimum atomic E-state index is -5.67. The van der Waals surface area contributed by atoms with Crippen molar-refractivity contribution in [3.8, 4) is 0 Å². The molecule has 3 aliphatic rings. The number of ether oxygens (including phenoxy) is 2. The second kappa shape index (κ2) is 6.23. The highest BCUT2D eigenvalue weighted by atomic mass is 32.2. The first-order chi connectivity index (χ1) is 12.4. The van der Waals surface area contributed by atoms with Crippen molar-refractivity contribution < 1.29 is 40.8 Å². The Morgan fingerprint density at radius 3 is 2.59 bits per heavy atom. The Kier molecular flexibility index (Phi) is 4.66. The molecule has 3 rings (SSSR count). The van der Waals surface area contributed by atoms with E-state index in [2.05, 4.69) is 11.3 Å². The molecule has 10 heteroatoms. The molecule has 27 heavy (non-hydrogen) atoms. The first-order valence-corrected chi connectivity index (χ1v) is 10.2. The summed E-state index contributed by atoms with van der Waals surface area (Å²) in [4.78, 5) is 24.1. The van der Waals surface area contributed by atoms with E-state index in [1.54, 1.807) is 13.8 Å². The van der Waals surface area contributed by atoms with E-state index < -0.39 is 39.5 Å². The highest BCUT2D eigenvalue weighted by Gasteiger charge is 2.74. The van der Waals surface area contributed by atoms with Crippen molar-refractivity contribution in [2.24, 2.45) is 29.6 Å². The van der Waals surface area contributed by atoms with Crippen LogP contribution >= 0.6 is 0 Å². The van der Waals surface area contributed by atoms with Gasteiger partial charge in [0.15, 0.2) is 6.61 Å². The molecule has 0 radical (unpaired) electrons. The second-order valence-electron chi connectivity index (χ2n) is 7.70. The van der Waals surface area contributed by atoms with Crippen LogP contribution in [0.25, 0.3) is 0 Å². The Morgan fingerprint density at radius 1 is 1.41 bits per heavy atom. The molecule has 0 aliphatic heterocycles. The Balaban J connectivity index is 1.71. The zero-order valence-electron chi connectivity index (χ0n) is 15.0. The van der Waals surface area contributed by atoms with Crippen molar-refractivity contribution in [3.63, 3.8) is 0 Å². The van der Waals surface area contributed by atoms with Crippen molar-refractivity contribution in [1.82, 2.24) is 0 Å². The summed E-state index contributed by atoms with van der Waals surface area (Å²) in [5, 5.41) is -4.56. The summed E-state index contributed by atoms with van der Waals surface area (Å²) in [5.41, 5.74) is 0.0570. The van der Waals surface area contributed by atoms with Gasteiger partial charge in [-0.25, -0.2) is 0 Å². The second-order valence-corrected chi connectivity index (χ2v) is 9.25. The van der Waals surface area contributed by atoms with Crippen molar-refractivity contribution >= 4 is 22.1 Å². The summed E-state index contributed by atoms with van der Waals surface area (Å²) in [6.07, 6.45) is 1.17. The van der Waals surface area contributed by atoms with Crippen molar-refractivity contribution in [2.45, 2.75) is 44.0 Å². The van der Waals surface area contributed by atoms with E-state index in [9.17, 15) is 26.8 Å². The fourth-order valence-electron chi connectivity index (χ4n) is 4.99. The van der Waals surface area contributed by atoms with Gasteiger partial charge < -0.3 is 9.47 Å². The van der Waals surface area contributed by atoms with Gasteiger partial charge in [-0.1, -0.05) is 20.4 Å². The molecule has 7 nitrogen and oxygen atoms in total. The molecule has 0 aromatic rings. The predicted octanol–water partition coefficient (Wildman–Crippen LogP) is 2.18. The normalized spacial score (nSPS) is 37.5. The zero-order valence-corrected chi connectivity index (χ0v) is 15.8. The molecule has 0 saturated heterocycles. The Labute approximate surface area is 155 Å². The Hall–Kier alpha value is -1.55. The van der Waals surface area contributed by atoms with Crippen LogP contribution in [0.3, 0.4) is 0 Å². The monoisotopic (exact) mass is 408 g/mol. The third-order valence-electron chi connectivity index (χ3n) is 6.28. The summed E-state index contributed by atoms with van der Waals surface area (Å²) in [6.45, 7) is 5.77. The maximum atomic E-state index is 13.3. The van der Waals surface area contributed by atoms with Gasteiger partial charge in [0.05, 0.1) is 5.92 Å². The Morgan fingerprint density at radius 2 is 2.04 bits per heavy atom. The lowest BCUT2D eigenvalue weighted by atomic mass is 9.35. The third-order valence-corrected chi connectivity index (χ3v) is 7.15. The van der Waals surface area contributed by atoms with Gasteiger partial charge in [0.1, 0.15) is 5.60 Å². The molecule has 152 valence electrons. The largest absolute Gasteiger partial charge is 0.458 e. The van der Waals surface area contributed by atoms with E-state index in [0.717, 1.165) is 5.57 Å². The minimum Gasteiger partial charge on any atom is -0.458 e. The standard InChI is InChI=1S/C17H22F2O7S/c1-4-12(20)26-16-6-11-13(8(2)5-10(9(16)3)14(11)16)15(21)25-7-17(18,19)27(22,23)24/h8,10-11,13-14H,3-7H2,1-2H3,(H,22,23,24). The number of esters is 2. The lowest BCUT2D eigenvalue weighted by Crippen LogP contribution is -2.74. The lowest BCUT2D eigenvalue weighted by Gasteiger charge is -2.71. The number of hydrogen-bond donors (Lipinski definition) is 1. The molecular formula is C17H22F2O7S. The van der Waals surface area contributed by atoms with E-state index in [1.807, 2.05) is 0 Å². The first kappa shape index (κ1) is 20.2. The van der Waals surface area contributed by atoms with Gasteiger partial charge in [-0.3, -0.25) is 14.1 Å². The molecular weight excluding hydrogens is 386 g/mol. The molecule has 1 N–H and O–H groups in total. The zero-order chi connectivity index (χ0) is 20.4. The highest BCUT2D eigenvalue weighted by molar-refractivity contribution is 7.86. The number of carbonyl (C=O) groups excluding carboxylic acids is 2. The van der Waals surface area contributed by atoms with Crippen LogP contribution in [0.2, 0.25) is 0 Å². The predicted molar refractivity (Wildman–Crippen MR) is 88.1 cm³/mol. The van der Waals surface area contributed by atoms with Crippen LogP contribution in [-0.2, 0) is 29.2 Å². The first-order valence-electron chi connectivity index (χ1n) is 8.78. The molecule has 0 spiro atoms. The summed E-state index contributed by atoms with van der Waals surface area (Å²) < 4.78 is 66.6. The van der Waals surface area contributed by atoms with Gasteiger partial charge in [0.25, 0.3) is 0 Å². The molecule has 3 aliphatic carbocycles. The van der Waals surface area contributed by atoms with Gasteiger partial charge in [0.2, 0.25) is 0 Å². The molecule has 0 aromatic heterocycles. The van der Waals surface area contributed by atoms with Crippen molar-refractivity contribution in [1.29, 1.82) is 0 Å². The fourth-order valence-corrected chi connectivity index (χ4v) is 5.20. The molecule has 3 fully saturated rings. The summed E-state index contributed by atoms with van der Waals surface area (Å²) >= 11 is 0. The van der Waals surface area contributed by atoms with E-state index in [1.165, 1.54) is 0 Å². The molecule has 0 amide bonds. The van der Waals surface area contributed by atoms with E-state index >= 15 is 0 Å². The van der Waals surface area contributed by atoms with Crippen LogP contribution in [0.1, 0.15) is 33.1 Å². The van der Waals surface area contributed by atoms with Crippen LogP contribution in [-0.4, -0.2) is 42.4 Å². The summed E-state index contributed by atoms with van der Waals surface area (Å²) in [5.74, 6) is -2.38. The molecule has 0 heterocycles. The average molecular weight is 408 g/mol. The van der Waals surface area contributed by atoms with Crippen LogP contribution in [0.15, 0.2) is 12.2 Å². The minimum absolute atomic E-state index is 0.101. The van der Waals surface area contributed by atoms with Crippen LogP contribution in [0, 0.1) is 29.6 Å². The van der Waals surface area contributed by atoms with Crippen molar-refractivity contribution in [2.75, 3.05) is 6.61 Å². The third kappa shape index (κ3) is 2.88. The number of rotatable bonds is 6. The van der Waals surface area contributed by atoms with E-state index in [-0.39, 0.29) is 36.1 Å². The number of halogens is 2. The van der Waals surface area contributed by atoms with Crippen LogP contribution < -0.4 is 0 Å². The number of carbonyl (C=O) groups is 2. The van der Waals surface area contributed by atoms with Gasteiger partial charge in [-0.05, 0) is 36.2 Å². The van der Waals surface area contributed by atoms with Gasteiger partial charge >= 0.3 is 27.3 Å². The Bertz CT molecular complexity index is 793. The maximum Gasteiger partial charge on any atom is 0.402 e. The van der Waals surface area contributed by atoms with Gasteiger partial charge in [-0.2, -0.15) is 17.2 Å². The molecule has 0 bridgehead atoms. The van der Waals surface area contributed by atoms with Gasteiger partial charge in [0, 0.05) is 12.3 Å². The fraction of sp³-hybridized carbons (Fsp3) is 0.765. The molecule has 0 aromatic carbocycles. The van der Waals surface area contributed by atoms with E-state index in [0.29, 0.717) is 12.8 Å². The quantitative estimate of drug-likeness (QED) is 0.408. The van der Waals surface area contributed by atoms with Crippen LogP contribution in [0.5, 0.6) is 0 Å². The van der Waals surface area contributed by atoms with Crippen molar-refractivity contribution in [3.05, 3.63) is 12.2 Å². The SMILES string of the molecule is C=C1C2CC(C)C(C(=O)OCC(F)(F)S(=O)(=O)O)C3CC1(OC(=O)CC)C23. The number of alkyl halides is 2. The van der Waals surface area contributed by atoms with E-state index in [4.69, 9.17) is 9.29 Å². The maximum absolute atomic E-state index is 13.3. The smallest absolute Gasteiger partial charge is 0.402 e. The molecule has 3 saturated carbocycles.